The fourth-order valence-corrected chi connectivity index (χ4v) is 6.31. The van der Waals surface area contributed by atoms with Crippen LogP contribution in [-0.4, -0.2) is 29.2 Å². The molecule has 2 aromatic heterocycles. The molecule has 0 saturated carbocycles. The zero-order valence-corrected chi connectivity index (χ0v) is 19.5. The molecule has 1 N–H and O–H groups in total. The van der Waals surface area contributed by atoms with Gasteiger partial charge < -0.3 is 0 Å². The van der Waals surface area contributed by atoms with Gasteiger partial charge in [-0.25, -0.2) is 17.8 Å². The van der Waals surface area contributed by atoms with E-state index in [1.54, 1.807) is 12.4 Å². The maximum absolute atomic E-state index is 12.8. The van der Waals surface area contributed by atoms with Crippen LogP contribution in [0.5, 0.6) is 0 Å². The number of sulfonamides is 1. The minimum Gasteiger partial charge on any atom is -0.265 e. The summed E-state index contributed by atoms with van der Waals surface area (Å²) < 4.78 is 30.3. The van der Waals surface area contributed by atoms with E-state index in [0.717, 1.165) is 45.6 Å². The molecular weight excluding hydrogens is 432 g/mol. The lowest BCUT2D eigenvalue weighted by Crippen LogP contribution is -2.33. The van der Waals surface area contributed by atoms with E-state index in [-0.39, 0.29) is 6.04 Å². The van der Waals surface area contributed by atoms with Gasteiger partial charge in [-0.15, -0.1) is 0 Å². The summed E-state index contributed by atoms with van der Waals surface area (Å²) in [5.41, 5.74) is 6.83. The Morgan fingerprint density at radius 3 is 2.48 bits per heavy atom. The smallest absolute Gasteiger partial charge is 0.218 e. The highest BCUT2D eigenvalue weighted by Gasteiger charge is 2.34. The minimum atomic E-state index is -3.41. The lowest BCUT2D eigenvalue weighted by Gasteiger charge is -2.16. The predicted octanol–water partition coefficient (Wildman–Crippen LogP) is 4.92. The van der Waals surface area contributed by atoms with Crippen LogP contribution in [0.15, 0.2) is 79.3 Å². The molecule has 0 radical (unpaired) electrons. The molecule has 0 bridgehead atoms. The Morgan fingerprint density at radius 2 is 1.76 bits per heavy atom. The molecule has 168 valence electrons. The first-order chi connectivity index (χ1) is 15.9. The van der Waals surface area contributed by atoms with E-state index in [1.165, 1.54) is 0 Å². The van der Waals surface area contributed by atoms with Crippen LogP contribution in [0.4, 0.5) is 0 Å². The molecule has 0 fully saturated rings. The number of aromatic nitrogens is 3. The van der Waals surface area contributed by atoms with Crippen LogP contribution < -0.4 is 4.72 Å². The first kappa shape index (κ1) is 21.6. The number of fused-ring (bicyclic) bond motifs is 1. The topological polar surface area (TPSA) is 76.9 Å². The summed E-state index contributed by atoms with van der Waals surface area (Å²) in [5, 5.41) is 4.39. The lowest BCUT2D eigenvalue weighted by molar-refractivity contribution is 0.554. The molecule has 2 aromatic carbocycles. The van der Waals surface area contributed by atoms with Crippen molar-refractivity contribution in [1.29, 1.82) is 0 Å². The quantitative estimate of drug-likeness (QED) is 0.445. The van der Waals surface area contributed by atoms with Crippen LogP contribution in [0, 0.1) is 0 Å². The van der Waals surface area contributed by atoms with Gasteiger partial charge >= 0.3 is 0 Å². The third-order valence-electron chi connectivity index (χ3n) is 5.94. The molecule has 4 aromatic rings. The fourth-order valence-electron chi connectivity index (χ4n) is 4.50. The number of rotatable bonds is 6. The molecule has 0 spiro atoms. The van der Waals surface area contributed by atoms with E-state index in [2.05, 4.69) is 15.8 Å². The van der Waals surface area contributed by atoms with Gasteiger partial charge in [-0.05, 0) is 67.6 Å². The maximum atomic E-state index is 12.8. The summed E-state index contributed by atoms with van der Waals surface area (Å²) >= 11 is 0. The van der Waals surface area contributed by atoms with Crippen LogP contribution in [0.2, 0.25) is 0 Å². The number of hydrogen-bond donors (Lipinski definition) is 1. The fraction of sp³-hybridized carbons (Fsp3) is 0.231. The highest BCUT2D eigenvalue weighted by atomic mass is 32.2. The normalized spacial score (nSPS) is 15.7. The highest BCUT2D eigenvalue weighted by Crippen LogP contribution is 2.40. The molecule has 0 saturated heterocycles. The van der Waals surface area contributed by atoms with Gasteiger partial charge in [0, 0.05) is 35.8 Å². The Morgan fingerprint density at radius 1 is 1.00 bits per heavy atom. The van der Waals surface area contributed by atoms with Gasteiger partial charge in [-0.2, -0.15) is 5.10 Å². The lowest BCUT2D eigenvalue weighted by atomic mass is 9.99. The average molecular weight is 459 g/mol. The van der Waals surface area contributed by atoms with Crippen molar-refractivity contribution in [2.75, 3.05) is 0 Å². The number of nitrogens with one attached hydrogen (secondary N) is 1. The third kappa shape index (κ3) is 4.21. The Labute approximate surface area is 194 Å². The summed E-state index contributed by atoms with van der Waals surface area (Å²) in [5.74, 6) is 0. The van der Waals surface area contributed by atoms with Gasteiger partial charge in [0.25, 0.3) is 0 Å². The summed E-state index contributed by atoms with van der Waals surface area (Å²) in [7, 11) is -3.41. The molecule has 2 heterocycles. The second-order valence-electron chi connectivity index (χ2n) is 8.67. The summed E-state index contributed by atoms with van der Waals surface area (Å²) in [6, 6.07) is 19.9. The largest absolute Gasteiger partial charge is 0.265 e. The Hall–Kier alpha value is -3.29. The molecule has 1 atom stereocenters. The summed E-state index contributed by atoms with van der Waals surface area (Å²) in [6.07, 6.45) is 6.91. The van der Waals surface area contributed by atoms with Crippen LogP contribution in [0.25, 0.3) is 28.1 Å². The molecule has 0 aliphatic heterocycles. The van der Waals surface area contributed by atoms with Gasteiger partial charge in [0.15, 0.2) is 0 Å². The number of nitrogens with zero attached hydrogens (tertiary/aromatic N) is 3. The van der Waals surface area contributed by atoms with E-state index in [1.807, 2.05) is 79.3 Å². The molecular formula is C26H26N4O2S. The van der Waals surface area contributed by atoms with Gasteiger partial charge in [0.2, 0.25) is 10.0 Å². The monoisotopic (exact) mass is 458 g/mol. The van der Waals surface area contributed by atoms with Crippen LogP contribution in [0.3, 0.4) is 0 Å². The number of pyridine rings is 1. The van der Waals surface area contributed by atoms with Crippen molar-refractivity contribution in [3.8, 4) is 28.1 Å². The molecule has 5 rings (SSSR count). The average Bonchev–Trinajstić information content (AvgIpc) is 3.44. The molecule has 6 nitrogen and oxygen atoms in total. The van der Waals surface area contributed by atoms with E-state index in [0.29, 0.717) is 6.42 Å². The van der Waals surface area contributed by atoms with Crippen molar-refractivity contribution in [2.24, 2.45) is 0 Å². The van der Waals surface area contributed by atoms with E-state index in [4.69, 9.17) is 5.10 Å². The van der Waals surface area contributed by atoms with E-state index >= 15 is 0 Å². The van der Waals surface area contributed by atoms with Gasteiger partial charge in [0.1, 0.15) is 10.9 Å². The molecule has 1 aliphatic rings. The third-order valence-corrected chi connectivity index (χ3v) is 7.98. The Bertz CT molecular complexity index is 1380. The first-order valence-electron chi connectivity index (χ1n) is 11.1. The highest BCUT2D eigenvalue weighted by molar-refractivity contribution is 7.89. The number of hydrogen-bond acceptors (Lipinski definition) is 4. The van der Waals surface area contributed by atoms with Crippen molar-refractivity contribution in [1.82, 2.24) is 19.5 Å². The standard InChI is InChI=1S/C26H26N4O2S/c1-18(2)29-33(31,32)25-11-9-20-16-21(8-10-23(20)25)24-17-30(22-6-4-3-5-7-22)28-26(24)19-12-14-27-15-13-19/h3-8,10,12-18,25,29H,9,11H2,1-2H3. The Balaban J connectivity index is 1.58. The first-order valence-corrected chi connectivity index (χ1v) is 12.7. The van der Waals surface area contributed by atoms with Crippen LogP contribution >= 0.6 is 0 Å². The molecule has 7 heteroatoms. The van der Waals surface area contributed by atoms with Crippen LogP contribution in [-0.2, 0) is 16.4 Å². The zero-order chi connectivity index (χ0) is 23.0. The predicted molar refractivity (Wildman–Crippen MR) is 130 cm³/mol. The number of benzene rings is 2. The summed E-state index contributed by atoms with van der Waals surface area (Å²) in [6.45, 7) is 3.70. The molecule has 1 aliphatic carbocycles. The van der Waals surface area contributed by atoms with Gasteiger partial charge in [-0.1, -0.05) is 36.4 Å². The second-order valence-corrected chi connectivity index (χ2v) is 10.6. The Kier molecular flexibility index (Phi) is 5.60. The van der Waals surface area contributed by atoms with Crippen molar-refractivity contribution in [3.63, 3.8) is 0 Å². The van der Waals surface area contributed by atoms with Crippen LogP contribution in [0.1, 0.15) is 36.6 Å². The molecule has 33 heavy (non-hydrogen) atoms. The van der Waals surface area contributed by atoms with Crippen molar-refractivity contribution in [3.05, 3.63) is 90.4 Å². The minimum absolute atomic E-state index is 0.120. The zero-order valence-electron chi connectivity index (χ0n) is 18.6. The van der Waals surface area contributed by atoms with Crippen molar-refractivity contribution >= 4 is 10.0 Å². The van der Waals surface area contributed by atoms with Gasteiger partial charge in [0.05, 0.1) is 5.69 Å². The second kappa shape index (κ2) is 8.57. The van der Waals surface area contributed by atoms with Crippen molar-refractivity contribution < 1.29 is 8.42 Å². The number of aryl methyl sites for hydroxylation is 1. The van der Waals surface area contributed by atoms with Gasteiger partial charge in [-0.3, -0.25) is 4.98 Å². The SMILES string of the molecule is CC(C)NS(=O)(=O)C1CCc2cc(-c3cn(-c4ccccc4)nc3-c3ccncc3)ccc21. The summed E-state index contributed by atoms with van der Waals surface area (Å²) in [4.78, 5) is 4.14. The van der Waals surface area contributed by atoms with E-state index < -0.39 is 15.3 Å². The molecule has 0 amide bonds. The maximum Gasteiger partial charge on any atom is 0.218 e. The van der Waals surface area contributed by atoms with E-state index in [9.17, 15) is 8.42 Å². The molecule has 1 unspecified atom stereocenters. The van der Waals surface area contributed by atoms with Crippen molar-refractivity contribution in [2.45, 2.75) is 38.0 Å². The number of para-hydroxylation sites is 1.